The van der Waals surface area contributed by atoms with Crippen molar-refractivity contribution < 1.29 is 19.5 Å². The third kappa shape index (κ3) is 4.64. The summed E-state index contributed by atoms with van der Waals surface area (Å²) in [6.07, 6.45) is 1.22. The second-order valence-corrected chi connectivity index (χ2v) is 7.59. The fourth-order valence-corrected chi connectivity index (χ4v) is 3.15. The lowest BCUT2D eigenvalue weighted by Crippen LogP contribution is -2.49. The molecule has 1 unspecified atom stereocenters. The summed E-state index contributed by atoms with van der Waals surface area (Å²) < 4.78 is 0. The molecule has 1 aliphatic heterocycles. The molecule has 1 aromatic rings. The first kappa shape index (κ1) is 19.5. The molecule has 1 heterocycles. The Bertz CT molecular complexity index is 686. The van der Waals surface area contributed by atoms with Gasteiger partial charge in [-0.1, -0.05) is 23.2 Å². The van der Waals surface area contributed by atoms with Crippen LogP contribution in [0.3, 0.4) is 0 Å². The fraction of sp³-hybridized carbons (Fsp3) is 0.471. The number of aliphatic carboxylic acids is 1. The van der Waals surface area contributed by atoms with Gasteiger partial charge in [0.1, 0.15) is 6.04 Å². The van der Waals surface area contributed by atoms with Crippen LogP contribution in [0.1, 0.15) is 37.0 Å². The molecule has 1 saturated heterocycles. The summed E-state index contributed by atoms with van der Waals surface area (Å²) in [7, 11) is 0. The first-order valence-electron chi connectivity index (χ1n) is 7.90. The molecule has 2 rings (SSSR count). The van der Waals surface area contributed by atoms with Crippen molar-refractivity contribution in [1.29, 1.82) is 0 Å². The number of amides is 2. The third-order valence-electron chi connectivity index (χ3n) is 4.21. The lowest BCUT2D eigenvalue weighted by atomic mass is 9.94. The number of carbonyl (C=O) groups excluding carboxylic acids is 2. The number of likely N-dealkylation sites (tertiary alicyclic amines) is 1. The quantitative estimate of drug-likeness (QED) is 0.814. The van der Waals surface area contributed by atoms with Crippen LogP contribution in [0, 0.1) is 5.41 Å². The van der Waals surface area contributed by atoms with E-state index in [2.05, 4.69) is 5.32 Å². The van der Waals surface area contributed by atoms with E-state index < -0.39 is 17.4 Å². The van der Waals surface area contributed by atoms with Crippen molar-refractivity contribution in [2.75, 3.05) is 13.1 Å². The van der Waals surface area contributed by atoms with Gasteiger partial charge >= 0.3 is 5.97 Å². The maximum absolute atomic E-state index is 12.7. The zero-order valence-electron chi connectivity index (χ0n) is 14.0. The van der Waals surface area contributed by atoms with Gasteiger partial charge in [-0.25, -0.2) is 0 Å². The summed E-state index contributed by atoms with van der Waals surface area (Å²) in [5.41, 5.74) is -0.757. The van der Waals surface area contributed by atoms with Crippen LogP contribution >= 0.6 is 23.2 Å². The Balaban J connectivity index is 2.10. The SMILES string of the molecule is CC(C)(CNC(=O)C1CCCN1C(=O)c1cc(Cl)cc(Cl)c1)C(=O)O. The molecular weight excluding hydrogens is 367 g/mol. The summed E-state index contributed by atoms with van der Waals surface area (Å²) >= 11 is 11.9. The van der Waals surface area contributed by atoms with Crippen molar-refractivity contribution in [3.05, 3.63) is 33.8 Å². The summed E-state index contributed by atoms with van der Waals surface area (Å²) in [6.45, 7) is 3.49. The number of nitrogens with zero attached hydrogens (tertiary/aromatic N) is 1. The molecule has 1 aromatic carbocycles. The van der Waals surface area contributed by atoms with Crippen LogP contribution in [-0.2, 0) is 9.59 Å². The van der Waals surface area contributed by atoms with Crippen molar-refractivity contribution in [2.24, 2.45) is 5.41 Å². The molecule has 0 bridgehead atoms. The molecule has 136 valence electrons. The van der Waals surface area contributed by atoms with Gasteiger partial charge < -0.3 is 15.3 Å². The van der Waals surface area contributed by atoms with Crippen molar-refractivity contribution >= 4 is 41.0 Å². The number of hydrogen-bond donors (Lipinski definition) is 2. The molecule has 0 aromatic heterocycles. The molecule has 1 aliphatic rings. The fourth-order valence-electron chi connectivity index (χ4n) is 2.63. The molecule has 2 amide bonds. The number of carboxylic acid groups (broad SMARTS) is 1. The van der Waals surface area contributed by atoms with Crippen LogP contribution in [0.15, 0.2) is 18.2 Å². The molecule has 6 nitrogen and oxygen atoms in total. The maximum atomic E-state index is 12.7. The second-order valence-electron chi connectivity index (χ2n) is 6.72. The number of halogens is 2. The first-order valence-corrected chi connectivity index (χ1v) is 8.65. The Kier molecular flexibility index (Phi) is 5.95. The van der Waals surface area contributed by atoms with Gasteiger partial charge in [-0.3, -0.25) is 14.4 Å². The number of nitrogens with one attached hydrogen (secondary N) is 1. The van der Waals surface area contributed by atoms with Gasteiger partial charge in [0.2, 0.25) is 5.91 Å². The first-order chi connectivity index (χ1) is 11.6. The Hall–Kier alpha value is -1.79. The highest BCUT2D eigenvalue weighted by Crippen LogP contribution is 2.25. The zero-order chi connectivity index (χ0) is 18.8. The highest BCUT2D eigenvalue weighted by Gasteiger charge is 2.36. The standard InChI is InChI=1S/C17H20Cl2N2O4/c1-17(2,16(24)25)9-20-14(22)13-4-3-5-21(13)15(23)10-6-11(18)8-12(19)7-10/h6-8,13H,3-5,9H2,1-2H3,(H,20,22)(H,24,25). The minimum atomic E-state index is -1.08. The Morgan fingerprint density at radius 3 is 2.40 bits per heavy atom. The number of carbonyl (C=O) groups is 3. The number of benzene rings is 1. The van der Waals surface area contributed by atoms with E-state index in [0.29, 0.717) is 35.0 Å². The number of rotatable bonds is 5. The lowest BCUT2D eigenvalue weighted by Gasteiger charge is -2.26. The predicted molar refractivity (Wildman–Crippen MR) is 94.9 cm³/mol. The van der Waals surface area contributed by atoms with Gasteiger partial charge in [-0.2, -0.15) is 0 Å². The topological polar surface area (TPSA) is 86.7 Å². The molecule has 8 heteroatoms. The van der Waals surface area contributed by atoms with Gasteiger partial charge in [0, 0.05) is 28.7 Å². The summed E-state index contributed by atoms with van der Waals surface area (Å²) in [6, 6.07) is 3.92. The number of carboxylic acids is 1. The Morgan fingerprint density at radius 1 is 1.24 bits per heavy atom. The molecule has 25 heavy (non-hydrogen) atoms. The van der Waals surface area contributed by atoms with E-state index in [1.165, 1.54) is 36.9 Å². The van der Waals surface area contributed by atoms with Gasteiger partial charge in [-0.15, -0.1) is 0 Å². The molecule has 0 aliphatic carbocycles. The monoisotopic (exact) mass is 386 g/mol. The van der Waals surface area contributed by atoms with Crippen LogP contribution in [0.5, 0.6) is 0 Å². The zero-order valence-corrected chi connectivity index (χ0v) is 15.5. The molecule has 0 spiro atoms. The van der Waals surface area contributed by atoms with E-state index in [1.54, 1.807) is 0 Å². The van der Waals surface area contributed by atoms with Crippen molar-refractivity contribution in [1.82, 2.24) is 10.2 Å². The summed E-state index contributed by atoms with van der Waals surface area (Å²) in [5, 5.41) is 12.5. The van der Waals surface area contributed by atoms with Crippen molar-refractivity contribution in [2.45, 2.75) is 32.7 Å². The average Bonchev–Trinajstić information content (AvgIpc) is 3.00. The molecule has 1 atom stereocenters. The van der Waals surface area contributed by atoms with Crippen molar-refractivity contribution in [3.63, 3.8) is 0 Å². The van der Waals surface area contributed by atoms with E-state index in [1.807, 2.05) is 0 Å². The largest absolute Gasteiger partial charge is 0.481 e. The molecular formula is C17H20Cl2N2O4. The molecule has 2 N–H and O–H groups in total. The molecule has 0 radical (unpaired) electrons. The van der Waals surface area contributed by atoms with Crippen LogP contribution in [0.4, 0.5) is 0 Å². The third-order valence-corrected chi connectivity index (χ3v) is 4.65. The van der Waals surface area contributed by atoms with Gasteiger partial charge in [0.15, 0.2) is 0 Å². The van der Waals surface area contributed by atoms with Crippen LogP contribution in [0.25, 0.3) is 0 Å². The van der Waals surface area contributed by atoms with Gasteiger partial charge in [0.25, 0.3) is 5.91 Å². The van der Waals surface area contributed by atoms with E-state index >= 15 is 0 Å². The lowest BCUT2D eigenvalue weighted by molar-refractivity contribution is -0.146. The van der Waals surface area contributed by atoms with E-state index in [-0.39, 0.29) is 18.4 Å². The van der Waals surface area contributed by atoms with E-state index in [0.717, 1.165) is 0 Å². The highest BCUT2D eigenvalue weighted by molar-refractivity contribution is 6.35. The molecule has 0 saturated carbocycles. The summed E-state index contributed by atoms with van der Waals surface area (Å²) in [5.74, 6) is -1.67. The predicted octanol–water partition coefficient (Wildman–Crippen LogP) is 2.83. The van der Waals surface area contributed by atoms with E-state index in [4.69, 9.17) is 28.3 Å². The number of hydrogen-bond acceptors (Lipinski definition) is 3. The van der Waals surface area contributed by atoms with Crippen LogP contribution in [0.2, 0.25) is 10.0 Å². The van der Waals surface area contributed by atoms with Crippen LogP contribution in [-0.4, -0.2) is 46.9 Å². The average molecular weight is 387 g/mol. The summed E-state index contributed by atoms with van der Waals surface area (Å²) in [4.78, 5) is 37.8. The normalized spacial score (nSPS) is 17.4. The second kappa shape index (κ2) is 7.62. The Labute approximate surface area is 156 Å². The van der Waals surface area contributed by atoms with E-state index in [9.17, 15) is 14.4 Å². The maximum Gasteiger partial charge on any atom is 0.310 e. The van der Waals surface area contributed by atoms with Crippen LogP contribution < -0.4 is 5.32 Å². The van der Waals surface area contributed by atoms with Crippen molar-refractivity contribution in [3.8, 4) is 0 Å². The van der Waals surface area contributed by atoms with Gasteiger partial charge in [-0.05, 0) is 44.9 Å². The smallest absolute Gasteiger partial charge is 0.310 e. The Morgan fingerprint density at radius 2 is 1.84 bits per heavy atom. The minimum absolute atomic E-state index is 0.0112. The molecule has 1 fully saturated rings. The highest BCUT2D eigenvalue weighted by atomic mass is 35.5. The van der Waals surface area contributed by atoms with Gasteiger partial charge in [0.05, 0.1) is 5.41 Å². The minimum Gasteiger partial charge on any atom is -0.481 e.